The van der Waals surface area contributed by atoms with Crippen LogP contribution in [0, 0.1) is 0 Å². The number of nitrogens with one attached hydrogen (secondary N) is 1. The van der Waals surface area contributed by atoms with Crippen molar-refractivity contribution >= 4 is 0 Å². The molecule has 1 unspecified atom stereocenters. The standard InChI is InChI=1S/C16H25NO3/c1-3-9-17-11-13-6-4-8-15(18-2)16(13)20-14-7-5-10-19-12-14/h4,6,8,14,17H,3,5,7,9-12H2,1-2H3. The Kier molecular flexibility index (Phi) is 6.15. The maximum atomic E-state index is 6.15. The monoisotopic (exact) mass is 279 g/mol. The highest BCUT2D eigenvalue weighted by atomic mass is 16.5. The zero-order valence-electron chi connectivity index (χ0n) is 12.5. The van der Waals surface area contributed by atoms with Crippen LogP contribution in [0.25, 0.3) is 0 Å². The van der Waals surface area contributed by atoms with Crippen molar-refractivity contribution in [1.29, 1.82) is 0 Å². The molecule has 1 saturated heterocycles. The van der Waals surface area contributed by atoms with Gasteiger partial charge in [0.05, 0.1) is 13.7 Å². The van der Waals surface area contributed by atoms with E-state index in [4.69, 9.17) is 14.2 Å². The molecule has 0 bridgehead atoms. The number of hydrogen-bond donors (Lipinski definition) is 1. The summed E-state index contributed by atoms with van der Waals surface area (Å²) >= 11 is 0. The minimum Gasteiger partial charge on any atom is -0.493 e. The lowest BCUT2D eigenvalue weighted by atomic mass is 10.1. The molecule has 0 spiro atoms. The molecule has 20 heavy (non-hydrogen) atoms. The highest BCUT2D eigenvalue weighted by Gasteiger charge is 2.19. The van der Waals surface area contributed by atoms with Gasteiger partial charge in [-0.05, 0) is 31.9 Å². The van der Waals surface area contributed by atoms with E-state index in [1.807, 2.05) is 12.1 Å². The van der Waals surface area contributed by atoms with Crippen LogP contribution in [0.1, 0.15) is 31.7 Å². The highest BCUT2D eigenvalue weighted by Crippen LogP contribution is 2.33. The fraction of sp³-hybridized carbons (Fsp3) is 0.625. The fourth-order valence-electron chi connectivity index (χ4n) is 2.37. The molecular formula is C16H25NO3. The van der Waals surface area contributed by atoms with Crippen LogP contribution in [0.5, 0.6) is 11.5 Å². The summed E-state index contributed by atoms with van der Waals surface area (Å²) in [6, 6.07) is 6.04. The number of hydrogen-bond acceptors (Lipinski definition) is 4. The molecular weight excluding hydrogens is 254 g/mol. The van der Waals surface area contributed by atoms with Gasteiger partial charge in [0.25, 0.3) is 0 Å². The van der Waals surface area contributed by atoms with Gasteiger partial charge in [-0.3, -0.25) is 0 Å². The third kappa shape index (κ3) is 4.12. The Balaban J connectivity index is 2.09. The van der Waals surface area contributed by atoms with Crippen LogP contribution in [0.2, 0.25) is 0 Å². The second-order valence-corrected chi connectivity index (χ2v) is 5.08. The first-order valence-electron chi connectivity index (χ1n) is 7.46. The van der Waals surface area contributed by atoms with Gasteiger partial charge in [-0.25, -0.2) is 0 Å². The second-order valence-electron chi connectivity index (χ2n) is 5.08. The Morgan fingerprint density at radius 3 is 3.00 bits per heavy atom. The van der Waals surface area contributed by atoms with E-state index in [1.54, 1.807) is 7.11 Å². The van der Waals surface area contributed by atoms with Gasteiger partial charge < -0.3 is 19.5 Å². The number of para-hydroxylation sites is 1. The Morgan fingerprint density at radius 1 is 1.40 bits per heavy atom. The molecule has 1 aromatic rings. The molecule has 1 N–H and O–H groups in total. The summed E-state index contributed by atoms with van der Waals surface area (Å²) < 4.78 is 17.1. The van der Waals surface area contributed by atoms with Crippen LogP contribution in [0.15, 0.2) is 18.2 Å². The van der Waals surface area contributed by atoms with Crippen molar-refractivity contribution in [1.82, 2.24) is 5.32 Å². The molecule has 1 fully saturated rings. The molecule has 112 valence electrons. The van der Waals surface area contributed by atoms with Crippen LogP contribution in [0.4, 0.5) is 0 Å². The largest absolute Gasteiger partial charge is 0.493 e. The first-order valence-corrected chi connectivity index (χ1v) is 7.46. The summed E-state index contributed by atoms with van der Waals surface area (Å²) in [4.78, 5) is 0. The zero-order valence-corrected chi connectivity index (χ0v) is 12.5. The van der Waals surface area contributed by atoms with Crippen LogP contribution < -0.4 is 14.8 Å². The summed E-state index contributed by atoms with van der Waals surface area (Å²) in [6.07, 6.45) is 3.35. The normalized spacial score (nSPS) is 18.8. The van der Waals surface area contributed by atoms with Gasteiger partial charge in [0.1, 0.15) is 6.10 Å². The number of ether oxygens (including phenoxy) is 3. The van der Waals surface area contributed by atoms with E-state index in [0.29, 0.717) is 6.61 Å². The van der Waals surface area contributed by atoms with E-state index < -0.39 is 0 Å². The van der Waals surface area contributed by atoms with E-state index in [2.05, 4.69) is 18.3 Å². The molecule has 0 radical (unpaired) electrons. The van der Waals surface area contributed by atoms with Crippen molar-refractivity contribution in [2.45, 2.75) is 38.8 Å². The summed E-state index contributed by atoms with van der Waals surface area (Å²) in [5, 5.41) is 3.41. The second kappa shape index (κ2) is 8.12. The topological polar surface area (TPSA) is 39.7 Å². The van der Waals surface area contributed by atoms with Gasteiger partial charge >= 0.3 is 0 Å². The average molecular weight is 279 g/mol. The van der Waals surface area contributed by atoms with Crippen LogP contribution in [-0.2, 0) is 11.3 Å². The first kappa shape index (κ1) is 15.1. The molecule has 1 aliphatic rings. The average Bonchev–Trinajstić information content (AvgIpc) is 2.50. The van der Waals surface area contributed by atoms with Gasteiger partial charge in [0.2, 0.25) is 0 Å². The van der Waals surface area contributed by atoms with Gasteiger partial charge in [0, 0.05) is 18.7 Å². The quantitative estimate of drug-likeness (QED) is 0.779. The third-order valence-corrected chi connectivity index (χ3v) is 3.43. The number of methoxy groups -OCH3 is 1. The molecule has 4 heteroatoms. The molecule has 4 nitrogen and oxygen atoms in total. The molecule has 1 aliphatic heterocycles. The van der Waals surface area contributed by atoms with Gasteiger partial charge in [-0.15, -0.1) is 0 Å². The molecule has 0 aromatic heterocycles. The van der Waals surface area contributed by atoms with Crippen molar-refractivity contribution in [2.75, 3.05) is 26.9 Å². The molecule has 0 aliphatic carbocycles. The molecule has 2 rings (SSSR count). The van der Waals surface area contributed by atoms with Crippen LogP contribution >= 0.6 is 0 Å². The fourth-order valence-corrected chi connectivity index (χ4v) is 2.37. The predicted octanol–water partition coefficient (Wildman–Crippen LogP) is 2.75. The van der Waals surface area contributed by atoms with Crippen molar-refractivity contribution < 1.29 is 14.2 Å². The summed E-state index contributed by atoms with van der Waals surface area (Å²) in [6.45, 7) is 5.48. The number of benzene rings is 1. The van der Waals surface area contributed by atoms with Crippen molar-refractivity contribution in [2.24, 2.45) is 0 Å². The SMILES string of the molecule is CCCNCc1cccc(OC)c1OC1CCCOC1. The van der Waals surface area contributed by atoms with E-state index in [0.717, 1.165) is 56.0 Å². The third-order valence-electron chi connectivity index (χ3n) is 3.43. The predicted molar refractivity (Wildman–Crippen MR) is 79.5 cm³/mol. The molecule has 1 aromatic carbocycles. The van der Waals surface area contributed by atoms with Gasteiger partial charge in [-0.1, -0.05) is 19.1 Å². The van der Waals surface area contributed by atoms with Gasteiger partial charge in [0.15, 0.2) is 11.5 Å². The molecule has 0 amide bonds. The lowest BCUT2D eigenvalue weighted by molar-refractivity contribution is 0.00600. The van der Waals surface area contributed by atoms with E-state index >= 15 is 0 Å². The molecule has 0 saturated carbocycles. The Morgan fingerprint density at radius 2 is 2.30 bits per heavy atom. The Bertz CT molecular complexity index is 403. The van der Waals surface area contributed by atoms with Crippen molar-refractivity contribution in [3.8, 4) is 11.5 Å². The number of rotatable bonds is 7. The smallest absolute Gasteiger partial charge is 0.166 e. The minimum atomic E-state index is 0.130. The first-order chi connectivity index (χ1) is 9.85. The minimum absolute atomic E-state index is 0.130. The zero-order chi connectivity index (χ0) is 14.2. The van der Waals surface area contributed by atoms with Gasteiger partial charge in [-0.2, -0.15) is 0 Å². The Labute approximate surface area is 121 Å². The lowest BCUT2D eigenvalue weighted by Gasteiger charge is -2.25. The van der Waals surface area contributed by atoms with E-state index in [9.17, 15) is 0 Å². The summed E-state index contributed by atoms with van der Waals surface area (Å²) in [5.41, 5.74) is 1.14. The van der Waals surface area contributed by atoms with Crippen LogP contribution in [0.3, 0.4) is 0 Å². The maximum absolute atomic E-state index is 6.15. The summed E-state index contributed by atoms with van der Waals surface area (Å²) in [7, 11) is 1.68. The van der Waals surface area contributed by atoms with E-state index in [-0.39, 0.29) is 6.10 Å². The maximum Gasteiger partial charge on any atom is 0.166 e. The van der Waals surface area contributed by atoms with E-state index in [1.165, 1.54) is 0 Å². The van der Waals surface area contributed by atoms with Crippen LogP contribution in [-0.4, -0.2) is 33.0 Å². The summed E-state index contributed by atoms with van der Waals surface area (Å²) in [5.74, 6) is 1.65. The molecule has 1 atom stereocenters. The van der Waals surface area contributed by atoms with Crippen molar-refractivity contribution in [3.63, 3.8) is 0 Å². The van der Waals surface area contributed by atoms with Crippen molar-refractivity contribution in [3.05, 3.63) is 23.8 Å². The Hall–Kier alpha value is -1.26. The molecule has 1 heterocycles. The lowest BCUT2D eigenvalue weighted by Crippen LogP contribution is -2.28. The highest BCUT2D eigenvalue weighted by molar-refractivity contribution is 5.46.